The van der Waals surface area contributed by atoms with Crippen molar-refractivity contribution in [1.82, 2.24) is 14.9 Å². The molecule has 1 saturated heterocycles. The Balaban J connectivity index is 1.51. The Bertz CT molecular complexity index is 1040. The van der Waals surface area contributed by atoms with Crippen LogP contribution in [-0.2, 0) is 26.2 Å². The van der Waals surface area contributed by atoms with E-state index in [1.54, 1.807) is 0 Å². The Hall–Kier alpha value is -2.85. The molecular formula is C22H25F2N3O4S. The molecule has 1 fully saturated rings. The van der Waals surface area contributed by atoms with E-state index in [2.05, 4.69) is 10.6 Å². The number of carbonyl (C=O) groups excluding carboxylic acids is 2. The highest BCUT2D eigenvalue weighted by Gasteiger charge is 2.33. The van der Waals surface area contributed by atoms with Crippen LogP contribution in [0, 0.1) is 11.6 Å². The molecule has 1 heterocycles. The average Bonchev–Trinajstić information content (AvgIpc) is 2.79. The van der Waals surface area contributed by atoms with Crippen LogP contribution in [0.1, 0.15) is 31.2 Å². The van der Waals surface area contributed by atoms with Gasteiger partial charge in [-0.15, -0.1) is 0 Å². The van der Waals surface area contributed by atoms with Gasteiger partial charge >= 0.3 is 11.8 Å². The molecule has 1 aliphatic rings. The first-order valence-corrected chi connectivity index (χ1v) is 11.8. The topological polar surface area (TPSA) is 95.6 Å². The summed E-state index contributed by atoms with van der Waals surface area (Å²) in [6.07, 6.45) is 2.55. The molecule has 0 saturated carbocycles. The number of nitrogens with zero attached hydrogens (tertiary/aromatic N) is 1. The summed E-state index contributed by atoms with van der Waals surface area (Å²) < 4.78 is 53.4. The number of amides is 2. The SMILES string of the molecule is O=C(NCC[C@@H]1CCCCN1S(=O)(=O)c1ccc(F)cc1)C(=O)NCc1ccc(F)cc1. The molecule has 32 heavy (non-hydrogen) atoms. The molecule has 172 valence electrons. The molecule has 1 atom stereocenters. The number of nitrogens with one attached hydrogen (secondary N) is 2. The number of rotatable bonds is 7. The van der Waals surface area contributed by atoms with E-state index in [0.717, 1.165) is 25.0 Å². The first kappa shape index (κ1) is 23.8. The first-order valence-electron chi connectivity index (χ1n) is 10.4. The fourth-order valence-corrected chi connectivity index (χ4v) is 5.34. The number of piperidine rings is 1. The minimum Gasteiger partial charge on any atom is -0.348 e. The summed E-state index contributed by atoms with van der Waals surface area (Å²) in [5.41, 5.74) is 0.649. The van der Waals surface area contributed by atoms with Gasteiger partial charge in [0.25, 0.3) is 0 Å². The lowest BCUT2D eigenvalue weighted by molar-refractivity contribution is -0.139. The summed E-state index contributed by atoms with van der Waals surface area (Å²) in [6.45, 7) is 0.554. The van der Waals surface area contributed by atoms with Crippen molar-refractivity contribution in [2.24, 2.45) is 0 Å². The van der Waals surface area contributed by atoms with Crippen molar-refractivity contribution in [1.29, 1.82) is 0 Å². The zero-order chi connectivity index (χ0) is 23.1. The monoisotopic (exact) mass is 465 g/mol. The van der Waals surface area contributed by atoms with Gasteiger partial charge in [0.05, 0.1) is 4.90 Å². The molecule has 0 radical (unpaired) electrons. The Morgan fingerprint density at radius 1 is 0.906 bits per heavy atom. The van der Waals surface area contributed by atoms with Gasteiger partial charge < -0.3 is 10.6 Å². The van der Waals surface area contributed by atoms with Crippen LogP contribution in [0.2, 0.25) is 0 Å². The van der Waals surface area contributed by atoms with Gasteiger partial charge in [-0.2, -0.15) is 4.31 Å². The Labute approximate surface area is 185 Å². The smallest absolute Gasteiger partial charge is 0.309 e. The molecule has 0 aliphatic carbocycles. The molecule has 2 aromatic rings. The van der Waals surface area contributed by atoms with Gasteiger partial charge in [-0.1, -0.05) is 18.6 Å². The minimum absolute atomic E-state index is 0.0232. The molecule has 10 heteroatoms. The lowest BCUT2D eigenvalue weighted by Gasteiger charge is -2.34. The van der Waals surface area contributed by atoms with Crippen LogP contribution in [-0.4, -0.2) is 43.7 Å². The molecule has 2 amide bonds. The van der Waals surface area contributed by atoms with Crippen molar-refractivity contribution in [2.75, 3.05) is 13.1 Å². The maximum atomic E-state index is 13.2. The van der Waals surface area contributed by atoms with Crippen LogP contribution in [0.5, 0.6) is 0 Å². The Morgan fingerprint density at radius 2 is 1.50 bits per heavy atom. The minimum atomic E-state index is -3.79. The summed E-state index contributed by atoms with van der Waals surface area (Å²) in [6, 6.07) is 9.90. The van der Waals surface area contributed by atoms with Gasteiger partial charge in [-0.3, -0.25) is 9.59 Å². The predicted octanol–water partition coefficient (Wildman–Crippen LogP) is 2.33. The molecule has 0 bridgehead atoms. The standard InChI is InChI=1S/C22H25F2N3O4S/c23-17-6-4-16(5-7-17)15-26-22(29)21(28)25-13-12-19-3-1-2-14-27(19)32(30,31)20-10-8-18(24)9-11-20/h4-11,19H,1-3,12-15H2,(H,25,28)(H,26,29)/t19-/m0/s1. The Kier molecular flexibility index (Phi) is 7.92. The first-order chi connectivity index (χ1) is 15.3. The summed E-state index contributed by atoms with van der Waals surface area (Å²) in [5, 5.41) is 4.97. The quantitative estimate of drug-likeness (QED) is 0.614. The molecule has 0 spiro atoms. The lowest BCUT2D eigenvalue weighted by atomic mass is 10.0. The number of hydrogen-bond donors (Lipinski definition) is 2. The molecule has 3 rings (SSSR count). The highest BCUT2D eigenvalue weighted by molar-refractivity contribution is 7.89. The fourth-order valence-electron chi connectivity index (χ4n) is 3.62. The van der Waals surface area contributed by atoms with Crippen LogP contribution in [0.4, 0.5) is 8.78 Å². The van der Waals surface area contributed by atoms with Gasteiger partial charge in [0.2, 0.25) is 10.0 Å². The molecule has 2 aromatic carbocycles. The molecule has 7 nitrogen and oxygen atoms in total. The Morgan fingerprint density at radius 3 is 2.16 bits per heavy atom. The van der Waals surface area contributed by atoms with E-state index in [-0.39, 0.29) is 24.0 Å². The van der Waals surface area contributed by atoms with Crippen molar-refractivity contribution < 1.29 is 26.8 Å². The van der Waals surface area contributed by atoms with Gasteiger partial charge in [0, 0.05) is 25.7 Å². The third kappa shape index (κ3) is 6.10. The molecule has 0 unspecified atom stereocenters. The largest absolute Gasteiger partial charge is 0.348 e. The second-order valence-corrected chi connectivity index (χ2v) is 9.46. The molecular weight excluding hydrogens is 440 g/mol. The highest BCUT2D eigenvalue weighted by atomic mass is 32.2. The lowest BCUT2D eigenvalue weighted by Crippen LogP contribution is -2.46. The van der Waals surface area contributed by atoms with E-state index in [1.807, 2.05) is 0 Å². The van der Waals surface area contributed by atoms with E-state index >= 15 is 0 Å². The van der Waals surface area contributed by atoms with E-state index in [1.165, 1.54) is 40.7 Å². The van der Waals surface area contributed by atoms with Crippen LogP contribution in [0.3, 0.4) is 0 Å². The summed E-state index contributed by atoms with van der Waals surface area (Å²) in [5.74, 6) is -2.56. The van der Waals surface area contributed by atoms with Gasteiger partial charge in [0.15, 0.2) is 0 Å². The third-order valence-electron chi connectivity index (χ3n) is 5.33. The summed E-state index contributed by atoms with van der Waals surface area (Å²) in [4.78, 5) is 24.0. The van der Waals surface area contributed by atoms with Crippen molar-refractivity contribution in [3.63, 3.8) is 0 Å². The van der Waals surface area contributed by atoms with Gasteiger partial charge in [-0.05, 0) is 61.2 Å². The maximum absolute atomic E-state index is 13.2. The zero-order valence-electron chi connectivity index (χ0n) is 17.4. The van der Waals surface area contributed by atoms with E-state index in [0.29, 0.717) is 24.9 Å². The van der Waals surface area contributed by atoms with E-state index in [4.69, 9.17) is 0 Å². The predicted molar refractivity (Wildman–Crippen MR) is 114 cm³/mol. The second-order valence-electron chi connectivity index (χ2n) is 7.57. The average molecular weight is 466 g/mol. The van der Waals surface area contributed by atoms with Crippen molar-refractivity contribution in [3.05, 3.63) is 65.7 Å². The van der Waals surface area contributed by atoms with Gasteiger partial charge in [-0.25, -0.2) is 17.2 Å². The number of halogens is 2. The van der Waals surface area contributed by atoms with Crippen molar-refractivity contribution >= 4 is 21.8 Å². The number of hydrogen-bond acceptors (Lipinski definition) is 4. The molecule has 1 aliphatic heterocycles. The summed E-state index contributed by atoms with van der Waals surface area (Å²) in [7, 11) is -3.79. The highest BCUT2D eigenvalue weighted by Crippen LogP contribution is 2.27. The van der Waals surface area contributed by atoms with Crippen LogP contribution in [0.15, 0.2) is 53.4 Å². The van der Waals surface area contributed by atoms with Crippen molar-refractivity contribution in [3.8, 4) is 0 Å². The number of carbonyl (C=O) groups is 2. The maximum Gasteiger partial charge on any atom is 0.309 e. The molecule has 0 aromatic heterocycles. The zero-order valence-corrected chi connectivity index (χ0v) is 18.2. The number of sulfonamides is 1. The summed E-state index contributed by atoms with van der Waals surface area (Å²) >= 11 is 0. The van der Waals surface area contributed by atoms with E-state index in [9.17, 15) is 26.8 Å². The van der Waals surface area contributed by atoms with Crippen LogP contribution < -0.4 is 10.6 Å². The normalized spacial score (nSPS) is 17.0. The van der Waals surface area contributed by atoms with Crippen molar-refractivity contribution in [2.45, 2.75) is 43.2 Å². The van der Waals surface area contributed by atoms with Crippen LogP contribution in [0.25, 0.3) is 0 Å². The molecule has 2 N–H and O–H groups in total. The third-order valence-corrected chi connectivity index (χ3v) is 7.30. The van der Waals surface area contributed by atoms with Gasteiger partial charge in [0.1, 0.15) is 11.6 Å². The van der Waals surface area contributed by atoms with E-state index < -0.39 is 33.5 Å². The fraction of sp³-hybridized carbons (Fsp3) is 0.364. The second kappa shape index (κ2) is 10.6. The number of benzene rings is 2. The van der Waals surface area contributed by atoms with Crippen LogP contribution >= 0.6 is 0 Å².